The fourth-order valence-corrected chi connectivity index (χ4v) is 2.72. The summed E-state index contributed by atoms with van der Waals surface area (Å²) in [6.07, 6.45) is 5.92. The van der Waals surface area contributed by atoms with Crippen LogP contribution >= 0.6 is 0 Å². The van der Waals surface area contributed by atoms with Crippen LogP contribution in [-0.2, 0) is 6.42 Å². The van der Waals surface area contributed by atoms with E-state index in [1.807, 2.05) is 0 Å². The molecule has 100 valence electrons. The van der Waals surface area contributed by atoms with Crippen molar-refractivity contribution in [2.45, 2.75) is 52.0 Å². The van der Waals surface area contributed by atoms with Crippen molar-refractivity contribution in [2.24, 2.45) is 11.7 Å². The van der Waals surface area contributed by atoms with Crippen LogP contribution in [0.3, 0.4) is 0 Å². The summed E-state index contributed by atoms with van der Waals surface area (Å²) in [5, 5.41) is 0. The number of ether oxygens (including phenoxy) is 1. The molecule has 0 spiro atoms. The molecule has 0 saturated carbocycles. The number of fused-ring (bicyclic) bond motifs is 1. The fraction of sp³-hybridized carbons (Fsp3) is 0.625. The van der Waals surface area contributed by atoms with E-state index in [4.69, 9.17) is 10.5 Å². The summed E-state index contributed by atoms with van der Waals surface area (Å²) in [5.41, 5.74) is 8.86. The fourth-order valence-electron chi connectivity index (χ4n) is 2.72. The van der Waals surface area contributed by atoms with E-state index in [0.29, 0.717) is 5.92 Å². The Labute approximate surface area is 111 Å². The zero-order valence-corrected chi connectivity index (χ0v) is 11.6. The molecule has 1 aliphatic carbocycles. The van der Waals surface area contributed by atoms with Gasteiger partial charge in [-0.3, -0.25) is 0 Å². The van der Waals surface area contributed by atoms with Crippen molar-refractivity contribution in [1.82, 2.24) is 0 Å². The Hall–Kier alpha value is -1.02. The molecule has 1 aromatic rings. The quantitative estimate of drug-likeness (QED) is 0.858. The molecule has 0 fully saturated rings. The van der Waals surface area contributed by atoms with Crippen molar-refractivity contribution >= 4 is 0 Å². The third-order valence-electron chi connectivity index (χ3n) is 3.79. The van der Waals surface area contributed by atoms with Crippen LogP contribution < -0.4 is 10.5 Å². The van der Waals surface area contributed by atoms with Gasteiger partial charge in [-0.05, 0) is 54.9 Å². The lowest BCUT2D eigenvalue weighted by Gasteiger charge is -2.23. The Morgan fingerprint density at radius 1 is 1.44 bits per heavy atom. The second-order valence-electron chi connectivity index (χ2n) is 5.56. The van der Waals surface area contributed by atoms with Gasteiger partial charge in [0.05, 0.1) is 6.61 Å². The zero-order valence-electron chi connectivity index (χ0n) is 11.6. The highest BCUT2D eigenvalue weighted by molar-refractivity contribution is 5.39. The van der Waals surface area contributed by atoms with Crippen LogP contribution in [0.25, 0.3) is 0 Å². The van der Waals surface area contributed by atoms with E-state index < -0.39 is 0 Å². The van der Waals surface area contributed by atoms with Gasteiger partial charge in [0.1, 0.15) is 5.75 Å². The molecule has 0 bridgehead atoms. The average Bonchev–Trinajstić information content (AvgIpc) is 2.37. The first-order chi connectivity index (χ1) is 8.70. The summed E-state index contributed by atoms with van der Waals surface area (Å²) in [7, 11) is 0. The van der Waals surface area contributed by atoms with Crippen molar-refractivity contribution in [2.75, 3.05) is 6.61 Å². The van der Waals surface area contributed by atoms with Gasteiger partial charge in [-0.15, -0.1) is 0 Å². The molecule has 18 heavy (non-hydrogen) atoms. The Morgan fingerprint density at radius 2 is 2.28 bits per heavy atom. The summed E-state index contributed by atoms with van der Waals surface area (Å²) < 4.78 is 5.88. The van der Waals surface area contributed by atoms with E-state index in [0.717, 1.165) is 25.2 Å². The highest BCUT2D eigenvalue weighted by atomic mass is 16.5. The lowest BCUT2D eigenvalue weighted by Crippen LogP contribution is -2.17. The van der Waals surface area contributed by atoms with Gasteiger partial charge in [-0.25, -0.2) is 0 Å². The number of benzene rings is 1. The Bertz CT molecular complexity index is 389. The molecule has 0 radical (unpaired) electrons. The minimum absolute atomic E-state index is 0.199. The SMILES string of the molecule is CCCC(C)COc1ccc2c(c1)[C@@H](N)CCC2. The topological polar surface area (TPSA) is 35.2 Å². The number of nitrogens with two attached hydrogens (primary N) is 1. The molecule has 2 atom stereocenters. The van der Waals surface area contributed by atoms with Gasteiger partial charge in [0.2, 0.25) is 0 Å². The molecule has 0 heterocycles. The first kappa shape index (κ1) is 13.4. The zero-order chi connectivity index (χ0) is 13.0. The summed E-state index contributed by atoms with van der Waals surface area (Å²) >= 11 is 0. The predicted octanol–water partition coefficient (Wildman–Crippen LogP) is 3.84. The van der Waals surface area contributed by atoms with E-state index in [9.17, 15) is 0 Å². The van der Waals surface area contributed by atoms with Crippen LogP contribution in [0.4, 0.5) is 0 Å². The molecule has 1 aromatic carbocycles. The summed E-state index contributed by atoms with van der Waals surface area (Å²) in [6.45, 7) is 5.27. The molecule has 2 rings (SSSR count). The molecule has 2 N–H and O–H groups in total. The van der Waals surface area contributed by atoms with Crippen molar-refractivity contribution in [3.05, 3.63) is 29.3 Å². The third kappa shape index (κ3) is 3.26. The standard InChI is InChI=1S/C16H25NO/c1-3-5-12(2)11-18-14-9-8-13-6-4-7-16(17)15(13)10-14/h8-10,12,16H,3-7,11,17H2,1-2H3/t12?,16-/m0/s1. The molecular weight excluding hydrogens is 222 g/mol. The maximum atomic E-state index is 6.16. The van der Waals surface area contributed by atoms with Crippen molar-refractivity contribution < 1.29 is 4.74 Å². The summed E-state index contributed by atoms with van der Waals surface area (Å²) in [5.74, 6) is 1.61. The highest BCUT2D eigenvalue weighted by Gasteiger charge is 2.17. The van der Waals surface area contributed by atoms with E-state index in [2.05, 4.69) is 32.0 Å². The number of rotatable bonds is 5. The predicted molar refractivity (Wildman–Crippen MR) is 75.9 cm³/mol. The largest absolute Gasteiger partial charge is 0.493 e. The van der Waals surface area contributed by atoms with Gasteiger partial charge >= 0.3 is 0 Å². The second-order valence-corrected chi connectivity index (χ2v) is 5.56. The lowest BCUT2D eigenvalue weighted by atomic mass is 9.88. The molecule has 0 amide bonds. The maximum Gasteiger partial charge on any atom is 0.119 e. The van der Waals surface area contributed by atoms with Gasteiger partial charge < -0.3 is 10.5 Å². The minimum atomic E-state index is 0.199. The van der Waals surface area contributed by atoms with Crippen LogP contribution in [0.1, 0.15) is 56.7 Å². The second kappa shape index (κ2) is 6.24. The van der Waals surface area contributed by atoms with Crippen molar-refractivity contribution in [1.29, 1.82) is 0 Å². The highest BCUT2D eigenvalue weighted by Crippen LogP contribution is 2.31. The van der Waals surface area contributed by atoms with Crippen LogP contribution in [0.15, 0.2) is 18.2 Å². The van der Waals surface area contributed by atoms with Crippen LogP contribution in [-0.4, -0.2) is 6.61 Å². The number of hydrogen-bond donors (Lipinski definition) is 1. The molecule has 2 heteroatoms. The number of hydrogen-bond acceptors (Lipinski definition) is 2. The van der Waals surface area contributed by atoms with Gasteiger partial charge in [0.25, 0.3) is 0 Å². The maximum absolute atomic E-state index is 6.16. The van der Waals surface area contributed by atoms with Gasteiger partial charge in [-0.1, -0.05) is 26.3 Å². The Morgan fingerprint density at radius 3 is 3.06 bits per heavy atom. The van der Waals surface area contributed by atoms with Crippen LogP contribution in [0.2, 0.25) is 0 Å². The smallest absolute Gasteiger partial charge is 0.119 e. The molecule has 2 nitrogen and oxygen atoms in total. The van der Waals surface area contributed by atoms with Gasteiger partial charge in [-0.2, -0.15) is 0 Å². The summed E-state index contributed by atoms with van der Waals surface area (Å²) in [4.78, 5) is 0. The first-order valence-electron chi connectivity index (χ1n) is 7.22. The molecule has 0 saturated heterocycles. The van der Waals surface area contributed by atoms with Crippen LogP contribution in [0, 0.1) is 5.92 Å². The summed E-state index contributed by atoms with van der Waals surface area (Å²) in [6, 6.07) is 6.63. The third-order valence-corrected chi connectivity index (χ3v) is 3.79. The molecular formula is C16H25NO. The molecule has 1 aliphatic rings. The normalized spacial score (nSPS) is 20.3. The average molecular weight is 247 g/mol. The van der Waals surface area contributed by atoms with Gasteiger partial charge in [0.15, 0.2) is 0 Å². The Balaban J connectivity index is 2.00. The van der Waals surface area contributed by atoms with Crippen molar-refractivity contribution in [3.8, 4) is 5.75 Å². The van der Waals surface area contributed by atoms with Crippen molar-refractivity contribution in [3.63, 3.8) is 0 Å². The monoisotopic (exact) mass is 247 g/mol. The van der Waals surface area contributed by atoms with Crippen LogP contribution in [0.5, 0.6) is 5.75 Å². The van der Waals surface area contributed by atoms with E-state index >= 15 is 0 Å². The van der Waals surface area contributed by atoms with E-state index in [1.165, 1.54) is 30.4 Å². The number of aryl methyl sites for hydroxylation is 1. The molecule has 0 aromatic heterocycles. The molecule has 1 unspecified atom stereocenters. The molecule has 0 aliphatic heterocycles. The Kier molecular flexibility index (Phi) is 4.65. The first-order valence-corrected chi connectivity index (χ1v) is 7.22. The van der Waals surface area contributed by atoms with E-state index in [1.54, 1.807) is 0 Å². The van der Waals surface area contributed by atoms with E-state index in [-0.39, 0.29) is 6.04 Å². The minimum Gasteiger partial charge on any atom is -0.493 e. The lowest BCUT2D eigenvalue weighted by molar-refractivity contribution is 0.251. The van der Waals surface area contributed by atoms with Gasteiger partial charge in [0, 0.05) is 6.04 Å².